The molecule has 0 radical (unpaired) electrons. The van der Waals surface area contributed by atoms with Crippen LogP contribution in [0, 0.1) is 5.82 Å². The lowest BCUT2D eigenvalue weighted by Crippen LogP contribution is -2.26. The molecule has 0 saturated heterocycles. The number of carbonyl (C=O) groups excluding carboxylic acids is 1. The largest absolute Gasteiger partial charge is 0.494 e. The van der Waals surface area contributed by atoms with Crippen LogP contribution in [0.3, 0.4) is 0 Å². The maximum absolute atomic E-state index is 13.4. The summed E-state index contributed by atoms with van der Waals surface area (Å²) in [5, 5.41) is 2.93. The van der Waals surface area contributed by atoms with Gasteiger partial charge in [0.25, 0.3) is 0 Å². The highest BCUT2D eigenvalue weighted by atomic mass is 19.1. The molecule has 17 heavy (non-hydrogen) atoms. The molecule has 1 rings (SSSR count). The first-order chi connectivity index (χ1) is 8.08. The van der Waals surface area contributed by atoms with Crippen LogP contribution in [0.1, 0.15) is 18.5 Å². The molecule has 1 atom stereocenters. The fourth-order valence-corrected chi connectivity index (χ4v) is 1.38. The van der Waals surface area contributed by atoms with Crippen molar-refractivity contribution in [2.75, 3.05) is 20.8 Å². The third-order valence-electron chi connectivity index (χ3n) is 2.46. The molecule has 4 nitrogen and oxygen atoms in total. The molecule has 1 unspecified atom stereocenters. The van der Waals surface area contributed by atoms with Gasteiger partial charge in [0, 0.05) is 6.04 Å². The number of esters is 1. The maximum atomic E-state index is 13.4. The quantitative estimate of drug-likeness (QED) is 0.796. The number of hydrogen-bond donors (Lipinski definition) is 1. The number of halogens is 1. The molecule has 0 aliphatic carbocycles. The Morgan fingerprint density at radius 3 is 2.71 bits per heavy atom. The maximum Gasteiger partial charge on any atom is 0.319 e. The van der Waals surface area contributed by atoms with E-state index in [1.54, 1.807) is 12.1 Å². The second-order valence-corrected chi connectivity index (χ2v) is 3.57. The fraction of sp³-hybridized carbons (Fsp3) is 0.417. The lowest BCUT2D eigenvalue weighted by Gasteiger charge is -2.14. The molecule has 0 fully saturated rings. The second kappa shape index (κ2) is 6.20. The summed E-state index contributed by atoms with van der Waals surface area (Å²) < 4.78 is 22.8. The fourth-order valence-electron chi connectivity index (χ4n) is 1.38. The predicted molar refractivity (Wildman–Crippen MR) is 61.4 cm³/mol. The average molecular weight is 241 g/mol. The summed E-state index contributed by atoms with van der Waals surface area (Å²) in [6.45, 7) is 1.93. The van der Waals surface area contributed by atoms with Crippen LogP contribution < -0.4 is 10.1 Å². The molecule has 0 spiro atoms. The lowest BCUT2D eigenvalue weighted by atomic mass is 10.1. The summed E-state index contributed by atoms with van der Waals surface area (Å²) in [6.07, 6.45) is 0. The molecule has 0 saturated carbocycles. The van der Waals surface area contributed by atoms with Crippen LogP contribution in [-0.2, 0) is 9.53 Å². The number of carbonyl (C=O) groups is 1. The van der Waals surface area contributed by atoms with Crippen molar-refractivity contribution in [1.82, 2.24) is 5.32 Å². The highest BCUT2D eigenvalue weighted by molar-refractivity contribution is 5.71. The Hall–Kier alpha value is -1.62. The predicted octanol–water partition coefficient (Wildman–Crippen LogP) is 1.66. The van der Waals surface area contributed by atoms with Gasteiger partial charge in [-0.15, -0.1) is 0 Å². The van der Waals surface area contributed by atoms with Crippen LogP contribution in [0.4, 0.5) is 4.39 Å². The number of ether oxygens (including phenoxy) is 2. The molecule has 5 heteroatoms. The standard InChI is InChI=1S/C12H16FNO3/c1-8(14-7-12(15)17-3)9-4-5-11(16-2)10(13)6-9/h4-6,8,14H,7H2,1-3H3. The number of benzene rings is 1. The van der Waals surface area contributed by atoms with E-state index < -0.39 is 5.82 Å². The van der Waals surface area contributed by atoms with Crippen molar-refractivity contribution in [3.8, 4) is 5.75 Å². The van der Waals surface area contributed by atoms with Crippen molar-refractivity contribution >= 4 is 5.97 Å². The Bertz CT molecular complexity index is 395. The molecule has 1 N–H and O–H groups in total. The zero-order valence-electron chi connectivity index (χ0n) is 10.1. The second-order valence-electron chi connectivity index (χ2n) is 3.57. The van der Waals surface area contributed by atoms with E-state index in [1.165, 1.54) is 20.3 Å². The topological polar surface area (TPSA) is 47.6 Å². The van der Waals surface area contributed by atoms with Gasteiger partial charge in [-0.3, -0.25) is 4.79 Å². The van der Waals surface area contributed by atoms with Gasteiger partial charge in [0.05, 0.1) is 20.8 Å². The van der Waals surface area contributed by atoms with Gasteiger partial charge >= 0.3 is 5.97 Å². The Morgan fingerprint density at radius 2 is 2.18 bits per heavy atom. The first-order valence-corrected chi connectivity index (χ1v) is 5.22. The van der Waals surface area contributed by atoms with Crippen molar-refractivity contribution in [3.63, 3.8) is 0 Å². The summed E-state index contributed by atoms with van der Waals surface area (Å²) in [4.78, 5) is 10.9. The van der Waals surface area contributed by atoms with Crippen LogP contribution >= 0.6 is 0 Å². The van der Waals surface area contributed by atoms with E-state index in [4.69, 9.17) is 4.74 Å². The molecule has 0 heterocycles. The summed E-state index contributed by atoms with van der Waals surface area (Å²) in [7, 11) is 2.73. The monoisotopic (exact) mass is 241 g/mol. The zero-order valence-corrected chi connectivity index (χ0v) is 10.1. The normalized spacial score (nSPS) is 12.0. The molecule has 0 amide bonds. The van der Waals surface area contributed by atoms with Crippen molar-refractivity contribution < 1.29 is 18.7 Å². The number of methoxy groups -OCH3 is 2. The number of nitrogens with one attached hydrogen (secondary N) is 1. The lowest BCUT2D eigenvalue weighted by molar-refractivity contribution is -0.139. The third-order valence-corrected chi connectivity index (χ3v) is 2.46. The van der Waals surface area contributed by atoms with Crippen LogP contribution in [0.2, 0.25) is 0 Å². The molecule has 0 aliphatic rings. The van der Waals surface area contributed by atoms with Gasteiger partial charge in [-0.05, 0) is 24.6 Å². The molecule has 94 valence electrons. The Balaban J connectivity index is 2.66. The molecular weight excluding hydrogens is 225 g/mol. The molecule has 0 bridgehead atoms. The van der Waals surface area contributed by atoms with Crippen molar-refractivity contribution in [2.45, 2.75) is 13.0 Å². The van der Waals surface area contributed by atoms with Crippen LogP contribution in [0.15, 0.2) is 18.2 Å². The first-order valence-electron chi connectivity index (χ1n) is 5.22. The minimum atomic E-state index is -0.420. The average Bonchev–Trinajstić information content (AvgIpc) is 2.35. The van der Waals surface area contributed by atoms with Gasteiger partial charge in [-0.25, -0.2) is 4.39 Å². The van der Waals surface area contributed by atoms with Gasteiger partial charge in [0.15, 0.2) is 11.6 Å². The minimum Gasteiger partial charge on any atom is -0.494 e. The molecule has 1 aromatic carbocycles. The van der Waals surface area contributed by atoms with E-state index in [1.807, 2.05) is 6.92 Å². The molecule has 0 aromatic heterocycles. The van der Waals surface area contributed by atoms with E-state index in [-0.39, 0.29) is 24.3 Å². The van der Waals surface area contributed by atoms with Gasteiger partial charge in [0.2, 0.25) is 0 Å². The number of rotatable bonds is 5. The minimum absolute atomic E-state index is 0.0886. The van der Waals surface area contributed by atoms with Crippen molar-refractivity contribution in [2.24, 2.45) is 0 Å². The Kier molecular flexibility index (Phi) is 4.90. The summed E-state index contributed by atoms with van der Waals surface area (Å²) >= 11 is 0. The van der Waals surface area contributed by atoms with E-state index in [2.05, 4.69) is 10.1 Å². The Labute approximate surface area is 99.7 Å². The van der Waals surface area contributed by atoms with Crippen LogP contribution in [0.25, 0.3) is 0 Å². The summed E-state index contributed by atoms with van der Waals surface area (Å²) in [5.74, 6) is -0.573. The zero-order chi connectivity index (χ0) is 12.8. The van der Waals surface area contributed by atoms with E-state index in [0.29, 0.717) is 0 Å². The third kappa shape index (κ3) is 3.71. The van der Waals surface area contributed by atoms with E-state index in [9.17, 15) is 9.18 Å². The van der Waals surface area contributed by atoms with Gasteiger partial charge in [-0.1, -0.05) is 6.07 Å². The van der Waals surface area contributed by atoms with E-state index in [0.717, 1.165) is 5.56 Å². The SMILES string of the molecule is COC(=O)CNC(C)c1ccc(OC)c(F)c1. The van der Waals surface area contributed by atoms with E-state index >= 15 is 0 Å². The van der Waals surface area contributed by atoms with Gasteiger partial charge < -0.3 is 14.8 Å². The molecule has 0 aliphatic heterocycles. The smallest absolute Gasteiger partial charge is 0.319 e. The molecular formula is C12H16FNO3. The van der Waals surface area contributed by atoms with Gasteiger partial charge in [-0.2, -0.15) is 0 Å². The first kappa shape index (κ1) is 13.4. The summed E-state index contributed by atoms with van der Waals surface area (Å²) in [6, 6.07) is 4.54. The van der Waals surface area contributed by atoms with Gasteiger partial charge in [0.1, 0.15) is 0 Å². The summed E-state index contributed by atoms with van der Waals surface area (Å²) in [5.41, 5.74) is 0.743. The van der Waals surface area contributed by atoms with Crippen LogP contribution in [-0.4, -0.2) is 26.7 Å². The van der Waals surface area contributed by atoms with Crippen molar-refractivity contribution in [1.29, 1.82) is 0 Å². The molecule has 1 aromatic rings. The van der Waals surface area contributed by atoms with Crippen molar-refractivity contribution in [3.05, 3.63) is 29.6 Å². The highest BCUT2D eigenvalue weighted by Gasteiger charge is 2.10. The van der Waals surface area contributed by atoms with Crippen LogP contribution in [0.5, 0.6) is 5.75 Å². The Morgan fingerprint density at radius 1 is 1.47 bits per heavy atom. The highest BCUT2D eigenvalue weighted by Crippen LogP contribution is 2.21. The number of hydrogen-bond acceptors (Lipinski definition) is 4.